The van der Waals surface area contributed by atoms with E-state index in [4.69, 9.17) is 10.5 Å². The van der Waals surface area contributed by atoms with Gasteiger partial charge in [-0.25, -0.2) is 0 Å². The third-order valence-corrected chi connectivity index (χ3v) is 3.56. The molecule has 1 aromatic heterocycles. The lowest BCUT2D eigenvalue weighted by Crippen LogP contribution is -2.24. The molecular formula is C12H19N3O2. The molecule has 0 amide bonds. The Morgan fingerprint density at radius 1 is 1.47 bits per heavy atom. The molecule has 1 fully saturated rings. The average Bonchev–Trinajstić information content (AvgIpc) is 2.69. The van der Waals surface area contributed by atoms with Crippen molar-refractivity contribution in [3.63, 3.8) is 0 Å². The Bertz CT molecular complexity index is 386. The second kappa shape index (κ2) is 4.77. The highest BCUT2D eigenvalue weighted by atomic mass is 16.5. The molecule has 5 heteroatoms. The van der Waals surface area contributed by atoms with Gasteiger partial charge < -0.3 is 10.5 Å². The third-order valence-electron chi connectivity index (χ3n) is 3.56. The van der Waals surface area contributed by atoms with Crippen molar-refractivity contribution in [2.24, 2.45) is 5.92 Å². The number of carbonyl (C=O) groups is 1. The second-order valence-electron chi connectivity index (χ2n) is 4.68. The second-order valence-corrected chi connectivity index (χ2v) is 4.68. The van der Waals surface area contributed by atoms with Crippen LogP contribution in [0.5, 0.6) is 0 Å². The van der Waals surface area contributed by atoms with Gasteiger partial charge in [0.15, 0.2) is 0 Å². The number of hydrogen-bond acceptors (Lipinski definition) is 4. The van der Waals surface area contributed by atoms with Gasteiger partial charge in [-0.3, -0.25) is 9.48 Å². The molecule has 1 heterocycles. The molecule has 0 atom stereocenters. The molecule has 0 spiro atoms. The monoisotopic (exact) mass is 237 g/mol. The lowest BCUT2D eigenvalue weighted by atomic mass is 9.86. The minimum absolute atomic E-state index is 0.0604. The molecule has 1 aliphatic carbocycles. The Hall–Kier alpha value is -1.52. The van der Waals surface area contributed by atoms with Crippen LogP contribution in [0.3, 0.4) is 0 Å². The summed E-state index contributed by atoms with van der Waals surface area (Å²) in [6, 6.07) is 0.368. The van der Waals surface area contributed by atoms with E-state index < -0.39 is 0 Å². The Balaban J connectivity index is 1.97. The molecule has 1 saturated carbocycles. The summed E-state index contributed by atoms with van der Waals surface area (Å²) in [5.74, 6) is -0.0233. The van der Waals surface area contributed by atoms with Crippen molar-refractivity contribution in [2.45, 2.75) is 38.6 Å². The Kier molecular flexibility index (Phi) is 3.36. The van der Waals surface area contributed by atoms with Gasteiger partial charge in [0.25, 0.3) is 0 Å². The highest BCUT2D eigenvalue weighted by Crippen LogP contribution is 2.32. The van der Waals surface area contributed by atoms with Gasteiger partial charge in [0.1, 0.15) is 0 Å². The van der Waals surface area contributed by atoms with Crippen LogP contribution in [-0.4, -0.2) is 22.9 Å². The Labute approximate surface area is 101 Å². The summed E-state index contributed by atoms with van der Waals surface area (Å²) in [7, 11) is 1.45. The van der Waals surface area contributed by atoms with Gasteiger partial charge in [-0.15, -0.1) is 0 Å². The van der Waals surface area contributed by atoms with Gasteiger partial charge in [0.2, 0.25) is 0 Å². The molecule has 0 radical (unpaired) electrons. The first-order valence-corrected chi connectivity index (χ1v) is 6.01. The zero-order valence-electron chi connectivity index (χ0n) is 10.3. The predicted octanol–water partition coefficient (Wildman–Crippen LogP) is 1.68. The summed E-state index contributed by atoms with van der Waals surface area (Å²) in [6.45, 7) is 1.91. The molecule has 0 aromatic carbocycles. The number of anilines is 1. The molecule has 2 rings (SSSR count). The van der Waals surface area contributed by atoms with E-state index in [1.54, 1.807) is 0 Å². The normalized spacial score (nSPS) is 24.6. The summed E-state index contributed by atoms with van der Waals surface area (Å²) in [4.78, 5) is 11.4. The van der Waals surface area contributed by atoms with E-state index in [0.29, 0.717) is 6.04 Å². The zero-order chi connectivity index (χ0) is 12.4. The molecular weight excluding hydrogens is 218 g/mol. The fourth-order valence-electron chi connectivity index (χ4n) is 2.43. The van der Waals surface area contributed by atoms with Crippen LogP contribution in [0.15, 0.2) is 6.20 Å². The largest absolute Gasteiger partial charge is 0.469 e. The maximum Gasteiger partial charge on any atom is 0.308 e. The maximum absolute atomic E-state index is 11.4. The van der Waals surface area contributed by atoms with E-state index in [-0.39, 0.29) is 11.9 Å². The van der Waals surface area contributed by atoms with Crippen LogP contribution in [0.4, 0.5) is 5.69 Å². The van der Waals surface area contributed by atoms with Crippen LogP contribution in [-0.2, 0) is 9.53 Å². The SMILES string of the molecule is COC(=O)C1CCC(n2cc(N)c(C)n2)CC1. The van der Waals surface area contributed by atoms with Crippen LogP contribution in [0.25, 0.3) is 0 Å². The van der Waals surface area contributed by atoms with E-state index >= 15 is 0 Å². The number of nitrogens with zero attached hydrogens (tertiary/aromatic N) is 2. The number of hydrogen-bond donors (Lipinski definition) is 1. The number of nitrogens with two attached hydrogens (primary N) is 1. The summed E-state index contributed by atoms with van der Waals surface area (Å²) in [5, 5.41) is 4.40. The summed E-state index contributed by atoms with van der Waals surface area (Å²) in [5.41, 5.74) is 7.40. The molecule has 17 heavy (non-hydrogen) atoms. The van der Waals surface area contributed by atoms with Gasteiger partial charge in [0, 0.05) is 6.20 Å². The number of rotatable bonds is 2. The minimum Gasteiger partial charge on any atom is -0.469 e. The van der Waals surface area contributed by atoms with E-state index in [1.165, 1.54) is 7.11 Å². The Morgan fingerprint density at radius 3 is 2.59 bits per heavy atom. The quantitative estimate of drug-likeness (QED) is 0.794. The zero-order valence-corrected chi connectivity index (χ0v) is 10.3. The van der Waals surface area contributed by atoms with Crippen LogP contribution >= 0.6 is 0 Å². The number of nitrogen functional groups attached to an aromatic ring is 1. The predicted molar refractivity (Wildman–Crippen MR) is 64.4 cm³/mol. The van der Waals surface area contributed by atoms with Crippen molar-refractivity contribution < 1.29 is 9.53 Å². The third kappa shape index (κ3) is 2.43. The highest BCUT2D eigenvalue weighted by molar-refractivity contribution is 5.72. The number of aromatic nitrogens is 2. The molecule has 5 nitrogen and oxygen atoms in total. The fraction of sp³-hybridized carbons (Fsp3) is 0.667. The van der Waals surface area contributed by atoms with Gasteiger partial charge in [-0.2, -0.15) is 5.10 Å². The van der Waals surface area contributed by atoms with Crippen molar-refractivity contribution in [3.05, 3.63) is 11.9 Å². The molecule has 94 valence electrons. The standard InChI is InChI=1S/C12H19N3O2/c1-8-11(13)7-15(14-8)10-5-3-9(4-6-10)12(16)17-2/h7,9-10H,3-6,13H2,1-2H3. The number of aryl methyl sites for hydroxylation is 1. The number of esters is 1. The topological polar surface area (TPSA) is 70.1 Å². The average molecular weight is 237 g/mol. The highest BCUT2D eigenvalue weighted by Gasteiger charge is 2.28. The Morgan fingerprint density at radius 2 is 2.12 bits per heavy atom. The van der Waals surface area contributed by atoms with E-state index in [1.807, 2.05) is 17.8 Å². The van der Waals surface area contributed by atoms with Crippen molar-refractivity contribution in [2.75, 3.05) is 12.8 Å². The van der Waals surface area contributed by atoms with E-state index in [9.17, 15) is 4.79 Å². The molecule has 0 bridgehead atoms. The first-order valence-electron chi connectivity index (χ1n) is 6.01. The number of carbonyl (C=O) groups excluding carboxylic acids is 1. The van der Waals surface area contributed by atoms with Crippen LogP contribution in [0, 0.1) is 12.8 Å². The molecule has 0 unspecified atom stereocenters. The smallest absolute Gasteiger partial charge is 0.308 e. The van der Waals surface area contributed by atoms with Crippen molar-refractivity contribution in [1.82, 2.24) is 9.78 Å². The lowest BCUT2D eigenvalue weighted by Gasteiger charge is -2.27. The van der Waals surface area contributed by atoms with Crippen molar-refractivity contribution in [1.29, 1.82) is 0 Å². The minimum atomic E-state index is -0.0837. The fourth-order valence-corrected chi connectivity index (χ4v) is 2.43. The number of methoxy groups -OCH3 is 1. The molecule has 0 aliphatic heterocycles. The van der Waals surface area contributed by atoms with Gasteiger partial charge in [-0.1, -0.05) is 0 Å². The summed E-state index contributed by atoms with van der Waals surface area (Å²) in [6.07, 6.45) is 5.55. The maximum atomic E-state index is 11.4. The van der Waals surface area contributed by atoms with Gasteiger partial charge in [-0.05, 0) is 32.6 Å². The van der Waals surface area contributed by atoms with Gasteiger partial charge >= 0.3 is 5.97 Å². The summed E-state index contributed by atoms with van der Waals surface area (Å²) < 4.78 is 6.72. The van der Waals surface area contributed by atoms with Crippen LogP contribution in [0.2, 0.25) is 0 Å². The van der Waals surface area contributed by atoms with Gasteiger partial charge in [0.05, 0.1) is 30.5 Å². The van der Waals surface area contributed by atoms with Crippen molar-refractivity contribution >= 4 is 11.7 Å². The lowest BCUT2D eigenvalue weighted by molar-refractivity contribution is -0.146. The van der Waals surface area contributed by atoms with E-state index in [2.05, 4.69) is 5.10 Å². The molecule has 1 aromatic rings. The van der Waals surface area contributed by atoms with Crippen LogP contribution < -0.4 is 5.73 Å². The van der Waals surface area contributed by atoms with Crippen molar-refractivity contribution in [3.8, 4) is 0 Å². The molecule has 1 aliphatic rings. The first kappa shape index (κ1) is 12.0. The summed E-state index contributed by atoms with van der Waals surface area (Å²) >= 11 is 0. The van der Waals surface area contributed by atoms with E-state index in [0.717, 1.165) is 37.1 Å². The van der Waals surface area contributed by atoms with Crippen LogP contribution in [0.1, 0.15) is 37.4 Å². The first-order chi connectivity index (χ1) is 8.11. The molecule has 2 N–H and O–H groups in total. The molecule has 0 saturated heterocycles. The number of ether oxygens (including phenoxy) is 1.